The first-order valence-electron chi connectivity index (χ1n) is 6.22. The Bertz CT molecular complexity index is 515. The number of rotatable bonds is 6. The van der Waals surface area contributed by atoms with Crippen molar-refractivity contribution >= 4 is 0 Å². The van der Waals surface area contributed by atoms with Crippen LogP contribution in [0.1, 0.15) is 11.1 Å². The van der Waals surface area contributed by atoms with Gasteiger partial charge in [0.05, 0.1) is 7.11 Å². The van der Waals surface area contributed by atoms with Gasteiger partial charge in [-0.2, -0.15) is 0 Å². The van der Waals surface area contributed by atoms with Gasteiger partial charge in [0.25, 0.3) is 0 Å². The van der Waals surface area contributed by atoms with Gasteiger partial charge in [-0.15, -0.1) is 0 Å². The second-order valence-electron chi connectivity index (χ2n) is 4.14. The Kier molecular flexibility index (Phi) is 4.75. The molecule has 0 aliphatic rings. The normalized spacial score (nSPS) is 10.2. The molecule has 0 unspecified atom stereocenters. The largest absolute Gasteiger partial charge is 0.493 e. The van der Waals surface area contributed by atoms with Crippen molar-refractivity contribution in [1.29, 1.82) is 0 Å². The molecule has 0 atom stereocenters. The molecule has 19 heavy (non-hydrogen) atoms. The number of ether oxygens (including phenoxy) is 2. The zero-order chi connectivity index (χ0) is 13.5. The lowest BCUT2D eigenvalue weighted by Gasteiger charge is -2.14. The molecule has 0 saturated carbocycles. The molecule has 2 rings (SSSR count). The van der Waals surface area contributed by atoms with Crippen molar-refractivity contribution in [2.24, 2.45) is 5.73 Å². The molecule has 0 radical (unpaired) electrons. The zero-order valence-electron chi connectivity index (χ0n) is 11.0. The second-order valence-corrected chi connectivity index (χ2v) is 4.14. The van der Waals surface area contributed by atoms with Gasteiger partial charge in [-0.3, -0.25) is 4.98 Å². The summed E-state index contributed by atoms with van der Waals surface area (Å²) in [5.41, 5.74) is 7.70. The summed E-state index contributed by atoms with van der Waals surface area (Å²) in [5, 5.41) is 0. The van der Waals surface area contributed by atoms with Crippen LogP contribution in [0.15, 0.2) is 42.7 Å². The van der Waals surface area contributed by atoms with Crippen molar-refractivity contribution in [3.8, 4) is 11.5 Å². The Morgan fingerprint density at radius 2 is 2.11 bits per heavy atom. The van der Waals surface area contributed by atoms with Crippen LogP contribution in [0.4, 0.5) is 0 Å². The summed E-state index contributed by atoms with van der Waals surface area (Å²) in [6, 6.07) is 9.71. The third-order valence-corrected chi connectivity index (χ3v) is 2.80. The molecule has 0 spiro atoms. The van der Waals surface area contributed by atoms with E-state index in [9.17, 15) is 0 Å². The highest BCUT2D eigenvalue weighted by atomic mass is 16.5. The molecule has 0 saturated heterocycles. The molecule has 4 heteroatoms. The van der Waals surface area contributed by atoms with E-state index in [1.165, 1.54) is 0 Å². The average molecular weight is 258 g/mol. The average Bonchev–Trinajstić information content (AvgIpc) is 2.47. The number of benzene rings is 1. The number of hydrogen-bond donors (Lipinski definition) is 1. The highest BCUT2D eigenvalue weighted by Crippen LogP contribution is 2.31. The van der Waals surface area contributed by atoms with E-state index < -0.39 is 0 Å². The summed E-state index contributed by atoms with van der Waals surface area (Å²) in [5.74, 6) is 1.49. The van der Waals surface area contributed by atoms with E-state index >= 15 is 0 Å². The number of nitrogens with zero attached hydrogens (tertiary/aromatic N) is 1. The van der Waals surface area contributed by atoms with Gasteiger partial charge in [0.15, 0.2) is 11.5 Å². The number of pyridine rings is 1. The maximum atomic E-state index is 5.88. The second kappa shape index (κ2) is 6.75. The highest BCUT2D eigenvalue weighted by molar-refractivity contribution is 5.46. The summed E-state index contributed by atoms with van der Waals surface area (Å²) in [4.78, 5) is 4.07. The predicted octanol–water partition coefficient (Wildman–Crippen LogP) is 2.17. The summed E-state index contributed by atoms with van der Waals surface area (Å²) >= 11 is 0. The van der Waals surface area contributed by atoms with Crippen molar-refractivity contribution in [2.45, 2.75) is 13.0 Å². The number of para-hydroxylation sites is 1. The van der Waals surface area contributed by atoms with Gasteiger partial charge < -0.3 is 15.2 Å². The molecule has 4 nitrogen and oxygen atoms in total. The van der Waals surface area contributed by atoms with Gasteiger partial charge in [0.1, 0.15) is 6.61 Å². The van der Waals surface area contributed by atoms with Gasteiger partial charge in [-0.05, 0) is 30.7 Å². The third kappa shape index (κ3) is 3.45. The van der Waals surface area contributed by atoms with Crippen molar-refractivity contribution in [1.82, 2.24) is 4.98 Å². The SMILES string of the molecule is COc1cccc(CCN)c1OCc1cccnc1. The van der Waals surface area contributed by atoms with Crippen molar-refractivity contribution < 1.29 is 9.47 Å². The summed E-state index contributed by atoms with van der Waals surface area (Å²) in [6.07, 6.45) is 4.30. The molecule has 1 heterocycles. The molecule has 0 amide bonds. The molecule has 0 aliphatic carbocycles. The van der Waals surface area contributed by atoms with Crippen LogP contribution in [-0.2, 0) is 13.0 Å². The predicted molar refractivity (Wildman–Crippen MR) is 74.3 cm³/mol. The van der Waals surface area contributed by atoms with E-state index in [2.05, 4.69) is 4.98 Å². The zero-order valence-corrected chi connectivity index (χ0v) is 11.0. The Labute approximate surface area is 113 Å². The fraction of sp³-hybridized carbons (Fsp3) is 0.267. The van der Waals surface area contributed by atoms with Gasteiger partial charge in [0, 0.05) is 18.0 Å². The highest BCUT2D eigenvalue weighted by Gasteiger charge is 2.10. The minimum atomic E-state index is 0.464. The van der Waals surface area contributed by atoms with Crippen LogP contribution in [0.3, 0.4) is 0 Å². The van der Waals surface area contributed by atoms with E-state index in [0.29, 0.717) is 13.2 Å². The number of aromatic nitrogens is 1. The smallest absolute Gasteiger partial charge is 0.164 e. The Balaban J connectivity index is 2.17. The van der Waals surface area contributed by atoms with E-state index in [4.69, 9.17) is 15.2 Å². The van der Waals surface area contributed by atoms with Crippen LogP contribution < -0.4 is 15.2 Å². The van der Waals surface area contributed by atoms with E-state index in [-0.39, 0.29) is 0 Å². The monoisotopic (exact) mass is 258 g/mol. The molecular formula is C15H18N2O2. The van der Waals surface area contributed by atoms with Crippen molar-refractivity contribution in [2.75, 3.05) is 13.7 Å². The molecular weight excluding hydrogens is 240 g/mol. The Morgan fingerprint density at radius 1 is 1.21 bits per heavy atom. The molecule has 0 fully saturated rings. The Hall–Kier alpha value is -2.07. The first kappa shape index (κ1) is 13.4. The van der Waals surface area contributed by atoms with Crippen molar-refractivity contribution in [3.05, 3.63) is 53.9 Å². The van der Waals surface area contributed by atoms with E-state index in [1.54, 1.807) is 19.5 Å². The van der Waals surface area contributed by atoms with Gasteiger partial charge in [-0.1, -0.05) is 18.2 Å². The molecule has 0 bridgehead atoms. The van der Waals surface area contributed by atoms with Gasteiger partial charge in [0.2, 0.25) is 0 Å². The standard InChI is InChI=1S/C15H18N2O2/c1-18-14-6-2-5-13(7-8-16)15(14)19-11-12-4-3-9-17-10-12/h2-6,9-10H,7-8,11,16H2,1H3. The maximum Gasteiger partial charge on any atom is 0.164 e. The first-order valence-corrected chi connectivity index (χ1v) is 6.22. The van der Waals surface area contributed by atoms with Crippen LogP contribution in [0, 0.1) is 0 Å². The lowest BCUT2D eigenvalue weighted by Crippen LogP contribution is -2.06. The van der Waals surface area contributed by atoms with E-state index in [0.717, 1.165) is 29.0 Å². The minimum absolute atomic E-state index is 0.464. The summed E-state index contributed by atoms with van der Waals surface area (Å²) in [7, 11) is 1.64. The van der Waals surface area contributed by atoms with Crippen LogP contribution in [0.25, 0.3) is 0 Å². The van der Waals surface area contributed by atoms with Crippen LogP contribution in [-0.4, -0.2) is 18.6 Å². The molecule has 1 aromatic carbocycles. The van der Waals surface area contributed by atoms with Crippen LogP contribution >= 0.6 is 0 Å². The summed E-state index contributed by atoms with van der Waals surface area (Å²) in [6.45, 7) is 1.04. The van der Waals surface area contributed by atoms with Gasteiger partial charge >= 0.3 is 0 Å². The molecule has 1 aromatic heterocycles. The quantitative estimate of drug-likeness (QED) is 0.862. The fourth-order valence-corrected chi connectivity index (χ4v) is 1.88. The third-order valence-electron chi connectivity index (χ3n) is 2.80. The fourth-order valence-electron chi connectivity index (χ4n) is 1.88. The lowest BCUT2D eigenvalue weighted by atomic mass is 10.1. The molecule has 2 aromatic rings. The number of nitrogens with two attached hydrogens (primary N) is 1. The van der Waals surface area contributed by atoms with Crippen LogP contribution in [0.2, 0.25) is 0 Å². The number of methoxy groups -OCH3 is 1. The minimum Gasteiger partial charge on any atom is -0.493 e. The molecule has 0 aliphatic heterocycles. The lowest BCUT2D eigenvalue weighted by molar-refractivity contribution is 0.281. The molecule has 100 valence electrons. The van der Waals surface area contributed by atoms with Crippen LogP contribution in [0.5, 0.6) is 11.5 Å². The summed E-state index contributed by atoms with van der Waals surface area (Å²) < 4.78 is 11.2. The van der Waals surface area contributed by atoms with E-state index in [1.807, 2.05) is 30.3 Å². The topological polar surface area (TPSA) is 57.4 Å². The Morgan fingerprint density at radius 3 is 2.79 bits per heavy atom. The van der Waals surface area contributed by atoms with Crippen molar-refractivity contribution in [3.63, 3.8) is 0 Å². The molecule has 2 N–H and O–H groups in total. The first-order chi connectivity index (χ1) is 9.35. The number of hydrogen-bond acceptors (Lipinski definition) is 4. The maximum absolute atomic E-state index is 5.88. The van der Waals surface area contributed by atoms with Gasteiger partial charge in [-0.25, -0.2) is 0 Å².